The van der Waals surface area contributed by atoms with Crippen LogP contribution in [0, 0.1) is 0 Å². The molecule has 2 aliphatic rings. The average Bonchev–Trinajstić information content (AvgIpc) is 2.78. The summed E-state index contributed by atoms with van der Waals surface area (Å²) in [7, 11) is 3.95. The van der Waals surface area contributed by atoms with Gasteiger partial charge in [-0.1, -0.05) is 6.42 Å². The molecular weight excluding hydrogens is 414 g/mol. The van der Waals surface area contributed by atoms with Crippen molar-refractivity contribution in [2.45, 2.75) is 43.2 Å². The predicted molar refractivity (Wildman–Crippen MR) is 120 cm³/mol. The molecule has 0 unspecified atom stereocenters. The highest BCUT2D eigenvalue weighted by molar-refractivity contribution is 7.89. The quantitative estimate of drug-likeness (QED) is 0.699. The Morgan fingerprint density at radius 3 is 2.52 bits per heavy atom. The fourth-order valence-electron chi connectivity index (χ4n) is 4.40. The first-order chi connectivity index (χ1) is 14.8. The Morgan fingerprint density at radius 1 is 1.10 bits per heavy atom. The highest BCUT2D eigenvalue weighted by atomic mass is 32.2. The second-order valence-corrected chi connectivity index (χ2v) is 10.4. The Kier molecular flexibility index (Phi) is 6.18. The maximum atomic E-state index is 13.5. The van der Waals surface area contributed by atoms with Gasteiger partial charge in [-0.3, -0.25) is 0 Å². The van der Waals surface area contributed by atoms with E-state index in [-0.39, 0.29) is 10.9 Å². The Balaban J connectivity index is 1.74. The Bertz CT molecular complexity index is 1040. The molecule has 2 aromatic rings. The maximum Gasteiger partial charge on any atom is 0.243 e. The normalized spacial score (nSPS) is 20.3. The van der Waals surface area contributed by atoms with Gasteiger partial charge in [0.25, 0.3) is 0 Å². The molecule has 2 aliphatic heterocycles. The number of methoxy groups -OCH3 is 1. The van der Waals surface area contributed by atoms with E-state index in [1.54, 1.807) is 35.7 Å². The summed E-state index contributed by atoms with van der Waals surface area (Å²) >= 11 is 0. The van der Waals surface area contributed by atoms with E-state index < -0.39 is 10.0 Å². The summed E-state index contributed by atoms with van der Waals surface area (Å²) in [5, 5.41) is 0. The molecular formula is C22H31N5O3S. The minimum absolute atomic E-state index is 0.271. The first-order valence-electron chi connectivity index (χ1n) is 10.7. The predicted octanol–water partition coefficient (Wildman–Crippen LogP) is 2.46. The van der Waals surface area contributed by atoms with E-state index in [4.69, 9.17) is 14.7 Å². The lowest BCUT2D eigenvalue weighted by Gasteiger charge is -2.35. The molecule has 3 heterocycles. The van der Waals surface area contributed by atoms with Crippen LogP contribution in [0.15, 0.2) is 29.2 Å². The van der Waals surface area contributed by atoms with Crippen molar-refractivity contribution >= 4 is 15.8 Å². The molecule has 0 radical (unpaired) electrons. The zero-order valence-corrected chi connectivity index (χ0v) is 19.5. The number of ether oxygens (including phenoxy) is 1. The Hall–Kier alpha value is -2.23. The van der Waals surface area contributed by atoms with Crippen molar-refractivity contribution in [1.82, 2.24) is 19.2 Å². The summed E-state index contributed by atoms with van der Waals surface area (Å²) in [6.07, 6.45) is 3.36. The molecule has 1 fully saturated rings. The monoisotopic (exact) mass is 445 g/mol. The van der Waals surface area contributed by atoms with E-state index in [1.807, 2.05) is 19.0 Å². The lowest BCUT2D eigenvalue weighted by Crippen LogP contribution is -2.40. The van der Waals surface area contributed by atoms with Crippen molar-refractivity contribution in [2.24, 2.45) is 0 Å². The van der Waals surface area contributed by atoms with Gasteiger partial charge in [0, 0.05) is 45.7 Å². The lowest BCUT2D eigenvalue weighted by molar-refractivity contribution is 0.244. The molecule has 0 bridgehead atoms. The number of benzene rings is 1. The first-order valence-corrected chi connectivity index (χ1v) is 12.2. The van der Waals surface area contributed by atoms with Crippen molar-refractivity contribution < 1.29 is 13.2 Å². The highest BCUT2D eigenvalue weighted by Crippen LogP contribution is 2.36. The van der Waals surface area contributed by atoms with E-state index in [1.165, 1.54) is 0 Å². The molecule has 1 aromatic heterocycles. The number of likely N-dealkylation sites (N-methyl/N-ethyl adjacent to an activating group) is 1. The van der Waals surface area contributed by atoms with Crippen LogP contribution in [-0.2, 0) is 23.0 Å². The van der Waals surface area contributed by atoms with Crippen molar-refractivity contribution in [3.8, 4) is 5.75 Å². The van der Waals surface area contributed by atoms with Crippen LogP contribution in [0.2, 0.25) is 0 Å². The Labute approximate surface area is 184 Å². The van der Waals surface area contributed by atoms with Crippen LogP contribution in [0.4, 0.5) is 5.82 Å². The van der Waals surface area contributed by atoms with Gasteiger partial charge in [-0.2, -0.15) is 4.31 Å². The number of hydrogen-bond acceptors (Lipinski definition) is 7. The average molecular weight is 446 g/mol. The molecule has 8 nitrogen and oxygen atoms in total. The molecule has 0 saturated carbocycles. The molecule has 1 atom stereocenters. The van der Waals surface area contributed by atoms with E-state index >= 15 is 0 Å². The summed E-state index contributed by atoms with van der Waals surface area (Å²) in [6.45, 7) is 2.22. The van der Waals surface area contributed by atoms with Gasteiger partial charge in [-0.15, -0.1) is 0 Å². The third-order valence-corrected chi connectivity index (χ3v) is 8.01. The zero-order valence-electron chi connectivity index (χ0n) is 18.7. The minimum Gasteiger partial charge on any atom is -0.497 e. The van der Waals surface area contributed by atoms with Crippen molar-refractivity contribution in [3.05, 3.63) is 41.3 Å². The second-order valence-electron chi connectivity index (χ2n) is 8.52. The largest absolute Gasteiger partial charge is 0.497 e. The molecule has 1 saturated heterocycles. The number of nitrogens with zero attached hydrogens (tertiary/aromatic N) is 5. The van der Waals surface area contributed by atoms with Gasteiger partial charge < -0.3 is 14.5 Å². The fourth-order valence-corrected chi connectivity index (χ4v) is 6.06. The van der Waals surface area contributed by atoms with Gasteiger partial charge in [-0.05, 0) is 44.2 Å². The van der Waals surface area contributed by atoms with Crippen LogP contribution >= 0.6 is 0 Å². The molecule has 0 spiro atoms. The SMILES string of the molecule is COc1ccc(S(=O)(=O)N2CCCC[C@H]2c2nc3c(c(N(C)C)n2)CN(C)CC3)cc1. The van der Waals surface area contributed by atoms with Crippen LogP contribution in [-0.4, -0.2) is 68.9 Å². The van der Waals surface area contributed by atoms with Crippen LogP contribution in [0.5, 0.6) is 5.75 Å². The number of hydrogen-bond donors (Lipinski definition) is 0. The number of fused-ring (bicyclic) bond motifs is 1. The van der Waals surface area contributed by atoms with Gasteiger partial charge in [0.1, 0.15) is 17.4 Å². The van der Waals surface area contributed by atoms with Gasteiger partial charge in [0.15, 0.2) is 0 Å². The fraction of sp³-hybridized carbons (Fsp3) is 0.545. The highest BCUT2D eigenvalue weighted by Gasteiger charge is 2.37. The summed E-state index contributed by atoms with van der Waals surface area (Å²) in [5.74, 6) is 2.13. The smallest absolute Gasteiger partial charge is 0.243 e. The standard InChI is InChI=1S/C22H31N5O3S/c1-25(2)22-18-15-26(3)14-12-19(18)23-21(24-22)20-7-5-6-13-27(20)31(28,29)17-10-8-16(30-4)9-11-17/h8-11,20H,5-7,12-15H2,1-4H3/t20-/m0/s1. The number of piperidine rings is 1. The molecule has 0 amide bonds. The summed E-state index contributed by atoms with van der Waals surface area (Å²) < 4.78 is 33.8. The molecule has 31 heavy (non-hydrogen) atoms. The molecule has 168 valence electrons. The third kappa shape index (κ3) is 4.26. The molecule has 1 aromatic carbocycles. The summed E-state index contributed by atoms with van der Waals surface area (Å²) in [4.78, 5) is 14.3. The van der Waals surface area contributed by atoms with E-state index in [0.717, 1.165) is 55.8 Å². The first kappa shape index (κ1) is 22.0. The van der Waals surface area contributed by atoms with E-state index in [9.17, 15) is 8.42 Å². The summed E-state index contributed by atoms with van der Waals surface area (Å²) in [5.41, 5.74) is 2.18. The number of rotatable bonds is 5. The van der Waals surface area contributed by atoms with Crippen LogP contribution in [0.1, 0.15) is 42.4 Å². The van der Waals surface area contributed by atoms with Crippen LogP contribution in [0.3, 0.4) is 0 Å². The van der Waals surface area contributed by atoms with Crippen LogP contribution in [0.25, 0.3) is 0 Å². The van der Waals surface area contributed by atoms with E-state index in [0.29, 0.717) is 18.1 Å². The number of aromatic nitrogens is 2. The van der Waals surface area contributed by atoms with Crippen molar-refractivity contribution in [2.75, 3.05) is 46.2 Å². The lowest BCUT2D eigenvalue weighted by atomic mass is 10.0. The molecule has 0 aliphatic carbocycles. The van der Waals surface area contributed by atoms with Gasteiger partial charge in [-0.25, -0.2) is 18.4 Å². The number of sulfonamides is 1. The maximum absolute atomic E-state index is 13.5. The van der Waals surface area contributed by atoms with Crippen molar-refractivity contribution in [3.63, 3.8) is 0 Å². The van der Waals surface area contributed by atoms with E-state index in [2.05, 4.69) is 11.9 Å². The second kappa shape index (κ2) is 8.72. The number of anilines is 1. The third-order valence-electron chi connectivity index (χ3n) is 6.09. The topological polar surface area (TPSA) is 78.9 Å². The molecule has 9 heteroatoms. The summed E-state index contributed by atoms with van der Waals surface area (Å²) in [6, 6.07) is 6.22. The van der Waals surface area contributed by atoms with Crippen LogP contribution < -0.4 is 9.64 Å². The zero-order chi connectivity index (χ0) is 22.2. The molecule has 0 N–H and O–H groups in total. The minimum atomic E-state index is -3.67. The van der Waals surface area contributed by atoms with Gasteiger partial charge >= 0.3 is 0 Å². The van der Waals surface area contributed by atoms with Gasteiger partial charge in [0.05, 0.1) is 23.7 Å². The van der Waals surface area contributed by atoms with Gasteiger partial charge in [0.2, 0.25) is 10.0 Å². The molecule has 4 rings (SSSR count). The van der Waals surface area contributed by atoms with Crippen molar-refractivity contribution in [1.29, 1.82) is 0 Å². The Morgan fingerprint density at radius 2 is 1.84 bits per heavy atom.